The largest absolute Gasteiger partial charge is 0.451 e. The second kappa shape index (κ2) is 5.61. The first-order valence-electron chi connectivity index (χ1n) is 5.55. The molecule has 0 aliphatic carbocycles. The highest BCUT2D eigenvalue weighted by atomic mass is 35.5. The van der Waals surface area contributed by atoms with Crippen LogP contribution < -0.4 is 5.32 Å². The number of aryl methyl sites for hydroxylation is 1. The summed E-state index contributed by atoms with van der Waals surface area (Å²) in [5, 5.41) is 6.50. The predicted octanol–water partition coefficient (Wildman–Crippen LogP) is 1.93. The summed E-state index contributed by atoms with van der Waals surface area (Å²) in [5.74, 6) is -0.687. The van der Waals surface area contributed by atoms with Crippen molar-refractivity contribution in [2.24, 2.45) is 7.05 Å². The SMILES string of the molecule is Cn1cnc(CCNc2cc(Cl)nc(C(F)(F)F)n2)n1. The molecule has 0 aromatic carbocycles. The van der Waals surface area contributed by atoms with Gasteiger partial charge in [-0.2, -0.15) is 18.3 Å². The van der Waals surface area contributed by atoms with E-state index in [0.29, 0.717) is 18.8 Å². The zero-order chi connectivity index (χ0) is 14.8. The first-order valence-corrected chi connectivity index (χ1v) is 5.92. The van der Waals surface area contributed by atoms with Crippen LogP contribution in [0.2, 0.25) is 5.15 Å². The van der Waals surface area contributed by atoms with Gasteiger partial charge in [-0.1, -0.05) is 11.6 Å². The van der Waals surface area contributed by atoms with Crippen molar-refractivity contribution in [2.75, 3.05) is 11.9 Å². The number of hydrogen-bond acceptors (Lipinski definition) is 5. The van der Waals surface area contributed by atoms with Crippen molar-refractivity contribution in [1.29, 1.82) is 0 Å². The Bertz CT molecular complexity index is 597. The molecule has 0 unspecified atom stereocenters. The maximum atomic E-state index is 12.5. The molecule has 0 atom stereocenters. The number of aromatic nitrogens is 5. The summed E-state index contributed by atoms with van der Waals surface area (Å²) >= 11 is 5.54. The number of rotatable bonds is 4. The van der Waals surface area contributed by atoms with Crippen LogP contribution in [0.5, 0.6) is 0 Å². The van der Waals surface area contributed by atoms with Gasteiger partial charge in [0.25, 0.3) is 0 Å². The van der Waals surface area contributed by atoms with E-state index in [1.807, 2.05) is 0 Å². The van der Waals surface area contributed by atoms with Crippen molar-refractivity contribution < 1.29 is 13.2 Å². The molecule has 108 valence electrons. The lowest BCUT2D eigenvalue weighted by Crippen LogP contribution is -2.14. The number of halogens is 4. The minimum absolute atomic E-state index is 0.00764. The topological polar surface area (TPSA) is 68.5 Å². The summed E-state index contributed by atoms with van der Waals surface area (Å²) in [6, 6.07) is 1.22. The minimum atomic E-state index is -4.64. The molecule has 0 fully saturated rings. The van der Waals surface area contributed by atoms with Crippen LogP contribution in [-0.2, 0) is 19.6 Å². The molecule has 20 heavy (non-hydrogen) atoms. The van der Waals surface area contributed by atoms with Crippen LogP contribution in [0.4, 0.5) is 19.0 Å². The van der Waals surface area contributed by atoms with Gasteiger partial charge < -0.3 is 5.32 Å². The van der Waals surface area contributed by atoms with Gasteiger partial charge in [0.2, 0.25) is 5.82 Å². The van der Waals surface area contributed by atoms with E-state index in [1.165, 1.54) is 6.07 Å². The quantitative estimate of drug-likeness (QED) is 0.874. The summed E-state index contributed by atoms with van der Waals surface area (Å²) < 4.78 is 39.1. The van der Waals surface area contributed by atoms with Crippen molar-refractivity contribution in [3.63, 3.8) is 0 Å². The zero-order valence-electron chi connectivity index (χ0n) is 10.3. The van der Waals surface area contributed by atoms with Gasteiger partial charge in [-0.05, 0) is 0 Å². The molecule has 0 saturated carbocycles. The average Bonchev–Trinajstić information content (AvgIpc) is 2.73. The highest BCUT2D eigenvalue weighted by Crippen LogP contribution is 2.28. The maximum Gasteiger partial charge on any atom is 0.451 e. The van der Waals surface area contributed by atoms with E-state index in [1.54, 1.807) is 18.1 Å². The predicted molar refractivity (Wildman–Crippen MR) is 65.2 cm³/mol. The van der Waals surface area contributed by atoms with E-state index in [0.717, 1.165) is 0 Å². The average molecular weight is 307 g/mol. The molecule has 0 bridgehead atoms. The van der Waals surface area contributed by atoms with Crippen LogP contribution in [0.1, 0.15) is 11.6 Å². The molecular formula is C10H10ClF3N6. The fourth-order valence-corrected chi connectivity index (χ4v) is 1.62. The number of nitrogens with one attached hydrogen (secondary N) is 1. The Morgan fingerprint density at radius 2 is 2.10 bits per heavy atom. The van der Waals surface area contributed by atoms with E-state index in [9.17, 15) is 13.2 Å². The van der Waals surface area contributed by atoms with Gasteiger partial charge in [0, 0.05) is 26.1 Å². The number of alkyl halides is 3. The van der Waals surface area contributed by atoms with Gasteiger partial charge >= 0.3 is 6.18 Å². The lowest BCUT2D eigenvalue weighted by atomic mass is 10.4. The van der Waals surface area contributed by atoms with Crippen LogP contribution in [0.25, 0.3) is 0 Å². The van der Waals surface area contributed by atoms with Gasteiger partial charge in [0.05, 0.1) is 0 Å². The van der Waals surface area contributed by atoms with E-state index < -0.39 is 12.0 Å². The van der Waals surface area contributed by atoms with Crippen LogP contribution in [-0.4, -0.2) is 31.3 Å². The Balaban J connectivity index is 2.00. The summed E-state index contributed by atoms with van der Waals surface area (Å²) in [6.07, 6.45) is -2.65. The second-order valence-electron chi connectivity index (χ2n) is 3.91. The molecule has 6 nitrogen and oxygen atoms in total. The van der Waals surface area contributed by atoms with E-state index >= 15 is 0 Å². The highest BCUT2D eigenvalue weighted by molar-refractivity contribution is 6.29. The zero-order valence-corrected chi connectivity index (χ0v) is 11.1. The van der Waals surface area contributed by atoms with Crippen LogP contribution in [0.3, 0.4) is 0 Å². The molecule has 0 aliphatic rings. The second-order valence-corrected chi connectivity index (χ2v) is 4.30. The van der Waals surface area contributed by atoms with Gasteiger partial charge in [-0.15, -0.1) is 0 Å². The standard InChI is InChI=1S/C10H10ClF3N6/c1-20-5-16-7(19-20)2-3-15-8-4-6(11)17-9(18-8)10(12,13)14/h4-5H,2-3H2,1H3,(H,15,17,18). The molecule has 2 rings (SSSR count). The highest BCUT2D eigenvalue weighted by Gasteiger charge is 2.35. The van der Waals surface area contributed by atoms with Gasteiger partial charge in [-0.3, -0.25) is 4.68 Å². The molecule has 0 saturated heterocycles. The molecule has 10 heteroatoms. The smallest absolute Gasteiger partial charge is 0.369 e. The fourth-order valence-electron chi connectivity index (χ4n) is 1.44. The third-order valence-electron chi connectivity index (χ3n) is 2.25. The molecule has 0 aliphatic heterocycles. The summed E-state index contributed by atoms with van der Waals surface area (Å²) in [7, 11) is 1.73. The lowest BCUT2D eigenvalue weighted by molar-refractivity contribution is -0.144. The van der Waals surface area contributed by atoms with Crippen molar-refractivity contribution in [2.45, 2.75) is 12.6 Å². The molecule has 1 N–H and O–H groups in total. The Morgan fingerprint density at radius 1 is 1.35 bits per heavy atom. The summed E-state index contributed by atoms with van der Waals surface area (Å²) in [5.41, 5.74) is 0. The maximum absolute atomic E-state index is 12.5. The van der Waals surface area contributed by atoms with Crippen molar-refractivity contribution in [3.8, 4) is 0 Å². The first-order chi connectivity index (χ1) is 9.34. The van der Waals surface area contributed by atoms with Crippen molar-refractivity contribution in [1.82, 2.24) is 24.7 Å². The molecule has 0 spiro atoms. The number of hydrogen-bond donors (Lipinski definition) is 1. The molecule has 2 aromatic heterocycles. The Labute approximate surface area is 117 Å². The minimum Gasteiger partial charge on any atom is -0.369 e. The number of anilines is 1. The van der Waals surface area contributed by atoms with Crippen LogP contribution in [0.15, 0.2) is 12.4 Å². The van der Waals surface area contributed by atoms with Crippen LogP contribution >= 0.6 is 11.6 Å². The molecule has 0 amide bonds. The molecular weight excluding hydrogens is 297 g/mol. The third-order valence-corrected chi connectivity index (χ3v) is 2.44. The van der Waals surface area contributed by atoms with Gasteiger partial charge in [0.1, 0.15) is 17.3 Å². The molecule has 2 heterocycles. The van der Waals surface area contributed by atoms with Crippen molar-refractivity contribution >= 4 is 17.4 Å². The summed E-state index contributed by atoms with van der Waals surface area (Å²) in [4.78, 5) is 10.5. The third kappa shape index (κ3) is 3.80. The normalized spacial score (nSPS) is 11.7. The van der Waals surface area contributed by atoms with Gasteiger partial charge in [-0.25, -0.2) is 15.0 Å². The van der Waals surface area contributed by atoms with Crippen molar-refractivity contribution in [3.05, 3.63) is 29.2 Å². The Kier molecular flexibility index (Phi) is 4.07. The fraction of sp³-hybridized carbons (Fsp3) is 0.400. The van der Waals surface area contributed by atoms with E-state index in [-0.39, 0.29) is 11.0 Å². The molecule has 0 radical (unpaired) electrons. The van der Waals surface area contributed by atoms with E-state index in [4.69, 9.17) is 11.6 Å². The first kappa shape index (κ1) is 14.5. The van der Waals surface area contributed by atoms with E-state index in [2.05, 4.69) is 25.4 Å². The Hall–Kier alpha value is -1.90. The molecule has 2 aromatic rings. The summed E-state index contributed by atoms with van der Waals surface area (Å²) in [6.45, 7) is 0.328. The lowest BCUT2D eigenvalue weighted by Gasteiger charge is -2.09. The van der Waals surface area contributed by atoms with Crippen LogP contribution in [0, 0.1) is 0 Å². The Morgan fingerprint density at radius 3 is 2.70 bits per heavy atom. The van der Waals surface area contributed by atoms with Gasteiger partial charge in [0.15, 0.2) is 5.82 Å². The monoisotopic (exact) mass is 306 g/mol. The number of nitrogens with zero attached hydrogens (tertiary/aromatic N) is 5.